The Morgan fingerprint density at radius 1 is 1.16 bits per heavy atom. The number of aryl methyl sites for hydroxylation is 1. The molecule has 1 amide bonds. The molecule has 3 rings (SSSR count). The number of aromatic hydroxyl groups is 1. The second-order valence-electron chi connectivity index (χ2n) is 9.36. The van der Waals surface area contributed by atoms with E-state index in [1.165, 1.54) is 26.3 Å². The number of esters is 3. The summed E-state index contributed by atoms with van der Waals surface area (Å²) in [7, 11) is 1.31. The maximum absolute atomic E-state index is 13.3. The van der Waals surface area contributed by atoms with E-state index in [0.717, 1.165) is 11.1 Å². The van der Waals surface area contributed by atoms with Crippen molar-refractivity contribution in [3.8, 4) is 11.5 Å². The standard InChI is InChI=1S/C27H32N2O9/c1-14(2)25(32)38-23-16(4)37-27(34)19(29-24(31)21-22(30)20(35-5)10-11-28-21)13-36-26(33)18(23)12-17-8-6-15(3)7-9-17/h6-11,14,16,18-19,23,30H,12-13H2,1-5H3,(H,29,31)/t16-,18+,19-,23-/m0/s1. The highest BCUT2D eigenvalue weighted by atomic mass is 16.6. The zero-order chi connectivity index (χ0) is 28.0. The van der Waals surface area contributed by atoms with Crippen LogP contribution in [0.15, 0.2) is 36.5 Å². The summed E-state index contributed by atoms with van der Waals surface area (Å²) in [4.78, 5) is 55.4. The van der Waals surface area contributed by atoms with Crippen molar-refractivity contribution in [3.05, 3.63) is 53.3 Å². The zero-order valence-electron chi connectivity index (χ0n) is 21.9. The first-order valence-corrected chi connectivity index (χ1v) is 12.2. The van der Waals surface area contributed by atoms with Gasteiger partial charge in [0.1, 0.15) is 18.6 Å². The molecule has 1 aromatic carbocycles. The van der Waals surface area contributed by atoms with Crippen molar-refractivity contribution in [2.75, 3.05) is 13.7 Å². The zero-order valence-corrected chi connectivity index (χ0v) is 21.9. The molecule has 0 saturated carbocycles. The molecule has 1 aliphatic heterocycles. The number of nitrogens with zero attached hydrogens (tertiary/aromatic N) is 1. The molecule has 0 bridgehead atoms. The molecular formula is C27H32N2O9. The van der Waals surface area contributed by atoms with E-state index in [0.29, 0.717) is 0 Å². The number of nitrogens with one attached hydrogen (secondary N) is 1. The fraction of sp³-hybridized carbons (Fsp3) is 0.444. The van der Waals surface area contributed by atoms with Gasteiger partial charge in [-0.3, -0.25) is 14.4 Å². The van der Waals surface area contributed by atoms with E-state index in [1.807, 2.05) is 31.2 Å². The maximum Gasteiger partial charge on any atom is 0.332 e. The number of hydrogen-bond donors (Lipinski definition) is 2. The number of carbonyl (C=O) groups excluding carboxylic acids is 4. The summed E-state index contributed by atoms with van der Waals surface area (Å²) in [6.07, 6.45) is -0.772. The fourth-order valence-electron chi connectivity index (χ4n) is 3.85. The highest BCUT2D eigenvalue weighted by molar-refractivity contribution is 5.98. The van der Waals surface area contributed by atoms with Crippen molar-refractivity contribution < 1.29 is 43.2 Å². The molecule has 204 valence electrons. The van der Waals surface area contributed by atoms with Gasteiger partial charge in [-0.25, -0.2) is 9.78 Å². The molecule has 2 aromatic rings. The Balaban J connectivity index is 1.88. The normalized spacial score (nSPS) is 21.8. The summed E-state index contributed by atoms with van der Waals surface area (Å²) in [5, 5.41) is 12.6. The molecule has 11 heteroatoms. The van der Waals surface area contributed by atoms with E-state index in [4.69, 9.17) is 18.9 Å². The van der Waals surface area contributed by atoms with Crippen LogP contribution in [0.4, 0.5) is 0 Å². The number of rotatable bonds is 7. The van der Waals surface area contributed by atoms with Gasteiger partial charge < -0.3 is 29.4 Å². The number of hydrogen-bond acceptors (Lipinski definition) is 10. The topological polar surface area (TPSA) is 150 Å². The minimum Gasteiger partial charge on any atom is -0.503 e. The van der Waals surface area contributed by atoms with Crippen LogP contribution in [-0.2, 0) is 35.0 Å². The Labute approximate surface area is 220 Å². The van der Waals surface area contributed by atoms with Gasteiger partial charge in [-0.1, -0.05) is 43.7 Å². The van der Waals surface area contributed by atoms with Crippen LogP contribution < -0.4 is 10.1 Å². The van der Waals surface area contributed by atoms with Crippen LogP contribution in [0.25, 0.3) is 0 Å². The molecule has 0 unspecified atom stereocenters. The third kappa shape index (κ3) is 6.78. The van der Waals surface area contributed by atoms with Crippen LogP contribution in [0.5, 0.6) is 11.5 Å². The summed E-state index contributed by atoms with van der Waals surface area (Å²) in [6, 6.07) is 7.43. The molecule has 1 aromatic heterocycles. The molecule has 0 spiro atoms. The number of amides is 1. The third-order valence-electron chi connectivity index (χ3n) is 6.07. The van der Waals surface area contributed by atoms with Gasteiger partial charge in [-0.15, -0.1) is 0 Å². The van der Waals surface area contributed by atoms with E-state index in [2.05, 4.69) is 10.3 Å². The minimum atomic E-state index is -1.42. The fourth-order valence-corrected chi connectivity index (χ4v) is 3.85. The average Bonchev–Trinajstić information content (AvgIpc) is 2.91. The smallest absolute Gasteiger partial charge is 0.332 e. The predicted molar refractivity (Wildman–Crippen MR) is 133 cm³/mol. The van der Waals surface area contributed by atoms with E-state index in [1.54, 1.807) is 13.8 Å². The van der Waals surface area contributed by atoms with E-state index in [-0.39, 0.29) is 12.2 Å². The number of carbonyl (C=O) groups is 4. The van der Waals surface area contributed by atoms with Gasteiger partial charge in [0.15, 0.2) is 29.3 Å². The van der Waals surface area contributed by atoms with Gasteiger partial charge in [0.05, 0.1) is 13.0 Å². The van der Waals surface area contributed by atoms with E-state index < -0.39 is 72.0 Å². The number of aromatic nitrogens is 1. The van der Waals surface area contributed by atoms with Crippen molar-refractivity contribution in [1.29, 1.82) is 0 Å². The lowest BCUT2D eigenvalue weighted by Gasteiger charge is -2.29. The van der Waals surface area contributed by atoms with Gasteiger partial charge in [0, 0.05) is 12.3 Å². The van der Waals surface area contributed by atoms with Crippen molar-refractivity contribution in [2.24, 2.45) is 11.8 Å². The van der Waals surface area contributed by atoms with Gasteiger partial charge >= 0.3 is 17.9 Å². The number of pyridine rings is 1. The van der Waals surface area contributed by atoms with Gasteiger partial charge in [-0.2, -0.15) is 0 Å². The number of cyclic esters (lactones) is 2. The maximum atomic E-state index is 13.3. The summed E-state index contributed by atoms with van der Waals surface area (Å²) >= 11 is 0. The van der Waals surface area contributed by atoms with Crippen molar-refractivity contribution in [2.45, 2.75) is 52.4 Å². The number of methoxy groups -OCH3 is 1. The molecule has 1 aliphatic rings. The molecule has 4 atom stereocenters. The summed E-state index contributed by atoms with van der Waals surface area (Å²) in [5.74, 6) is -5.10. The number of ether oxygens (including phenoxy) is 4. The van der Waals surface area contributed by atoms with Crippen LogP contribution in [-0.4, -0.2) is 65.9 Å². The summed E-state index contributed by atoms with van der Waals surface area (Å²) in [6.45, 7) is 6.19. The van der Waals surface area contributed by atoms with Crippen LogP contribution in [0.2, 0.25) is 0 Å². The van der Waals surface area contributed by atoms with E-state index in [9.17, 15) is 24.3 Å². The largest absolute Gasteiger partial charge is 0.503 e. The molecule has 0 radical (unpaired) electrons. The highest BCUT2D eigenvalue weighted by Gasteiger charge is 2.42. The summed E-state index contributed by atoms with van der Waals surface area (Å²) in [5.41, 5.74) is 1.44. The first-order chi connectivity index (χ1) is 18.0. The molecule has 38 heavy (non-hydrogen) atoms. The molecular weight excluding hydrogens is 496 g/mol. The lowest BCUT2D eigenvalue weighted by Crippen LogP contribution is -2.47. The van der Waals surface area contributed by atoms with Gasteiger partial charge in [0.2, 0.25) is 0 Å². The molecule has 0 aliphatic carbocycles. The van der Waals surface area contributed by atoms with Crippen LogP contribution in [0.3, 0.4) is 0 Å². The molecule has 2 heterocycles. The lowest BCUT2D eigenvalue weighted by atomic mass is 9.90. The second kappa shape index (κ2) is 12.4. The Bertz CT molecular complexity index is 1180. The van der Waals surface area contributed by atoms with Crippen molar-refractivity contribution >= 4 is 23.8 Å². The predicted octanol–water partition coefficient (Wildman–Crippen LogP) is 2.12. The molecule has 11 nitrogen and oxygen atoms in total. The minimum absolute atomic E-state index is 0.0102. The van der Waals surface area contributed by atoms with E-state index >= 15 is 0 Å². The Morgan fingerprint density at radius 3 is 2.47 bits per heavy atom. The monoisotopic (exact) mass is 528 g/mol. The van der Waals surface area contributed by atoms with Crippen LogP contribution in [0, 0.1) is 18.8 Å². The van der Waals surface area contributed by atoms with Crippen LogP contribution >= 0.6 is 0 Å². The second-order valence-corrected chi connectivity index (χ2v) is 9.36. The van der Waals surface area contributed by atoms with Crippen molar-refractivity contribution in [3.63, 3.8) is 0 Å². The third-order valence-corrected chi connectivity index (χ3v) is 6.07. The van der Waals surface area contributed by atoms with Gasteiger partial charge in [0.25, 0.3) is 5.91 Å². The molecule has 1 fully saturated rings. The average molecular weight is 529 g/mol. The Hall–Kier alpha value is -4.15. The van der Waals surface area contributed by atoms with Crippen molar-refractivity contribution in [1.82, 2.24) is 10.3 Å². The Kier molecular flexibility index (Phi) is 9.27. The highest BCUT2D eigenvalue weighted by Crippen LogP contribution is 2.28. The molecule has 1 saturated heterocycles. The Morgan fingerprint density at radius 2 is 1.84 bits per heavy atom. The summed E-state index contributed by atoms with van der Waals surface area (Å²) < 4.78 is 21.6. The molecule has 2 N–H and O–H groups in total. The quantitative estimate of drug-likeness (QED) is 0.404. The SMILES string of the molecule is COc1ccnc(C(=O)N[C@H]2COC(=O)[C@H](Cc3ccc(C)cc3)[C@@H](OC(=O)C(C)C)[C@H](C)OC2=O)c1O. The number of benzene rings is 1. The first-order valence-electron chi connectivity index (χ1n) is 12.2. The lowest BCUT2D eigenvalue weighted by molar-refractivity contribution is -0.176. The van der Waals surface area contributed by atoms with Crippen LogP contribution in [0.1, 0.15) is 42.4 Å². The van der Waals surface area contributed by atoms with Gasteiger partial charge in [-0.05, 0) is 25.8 Å². The first kappa shape index (κ1) is 28.4.